The van der Waals surface area contributed by atoms with E-state index in [1.165, 1.54) is 19.3 Å². The predicted octanol–water partition coefficient (Wildman–Crippen LogP) is 2.72. The van der Waals surface area contributed by atoms with E-state index in [1.54, 1.807) is 0 Å². The summed E-state index contributed by atoms with van der Waals surface area (Å²) in [6.07, 6.45) is 1.24. The van der Waals surface area contributed by atoms with Gasteiger partial charge in [-0.15, -0.1) is 0 Å². The molecule has 2 aliphatic rings. The topological polar surface area (TPSA) is 35.2 Å². The van der Waals surface area contributed by atoms with Crippen molar-refractivity contribution in [2.75, 3.05) is 19.8 Å². The second-order valence-corrected chi connectivity index (χ2v) is 5.56. The molecule has 3 unspecified atom stereocenters. The minimum atomic E-state index is -4.22. The minimum Gasteiger partial charge on any atom is -0.372 e. The van der Waals surface area contributed by atoms with E-state index < -0.39 is 12.8 Å². The van der Waals surface area contributed by atoms with E-state index in [0.717, 1.165) is 12.3 Å². The van der Waals surface area contributed by atoms with Gasteiger partial charge in [0.25, 0.3) is 0 Å². The normalized spacial score (nSPS) is 36.7. The third kappa shape index (κ3) is 2.94. The monoisotopic (exact) mass is 251 g/mol. The first-order chi connectivity index (χ1) is 7.95. The molecule has 0 spiro atoms. The highest BCUT2D eigenvalue weighted by atomic mass is 19.4. The van der Waals surface area contributed by atoms with Crippen LogP contribution in [0.15, 0.2) is 0 Å². The third-order valence-corrected chi connectivity index (χ3v) is 4.52. The summed E-state index contributed by atoms with van der Waals surface area (Å²) in [6, 6.07) is 0. The highest BCUT2D eigenvalue weighted by Gasteiger charge is 2.49. The Hall–Kier alpha value is -0.290. The molecular weight excluding hydrogens is 231 g/mol. The lowest BCUT2D eigenvalue weighted by Crippen LogP contribution is -2.37. The van der Waals surface area contributed by atoms with Crippen molar-refractivity contribution in [1.82, 2.24) is 0 Å². The Balaban J connectivity index is 1.77. The summed E-state index contributed by atoms with van der Waals surface area (Å²) in [5, 5.41) is 0. The smallest absolute Gasteiger partial charge is 0.372 e. The van der Waals surface area contributed by atoms with Crippen LogP contribution in [0, 0.1) is 17.3 Å². The van der Waals surface area contributed by atoms with Crippen LogP contribution in [0.5, 0.6) is 0 Å². The number of hydrogen-bond acceptors (Lipinski definition) is 2. The number of hydrogen-bond donors (Lipinski definition) is 1. The summed E-state index contributed by atoms with van der Waals surface area (Å²) >= 11 is 0. The van der Waals surface area contributed by atoms with Crippen LogP contribution in [0.4, 0.5) is 13.2 Å². The molecule has 2 N–H and O–H groups in total. The Morgan fingerprint density at radius 3 is 2.53 bits per heavy atom. The van der Waals surface area contributed by atoms with Crippen LogP contribution < -0.4 is 5.73 Å². The number of halogens is 3. The number of fused-ring (bicyclic) bond motifs is 2. The van der Waals surface area contributed by atoms with Gasteiger partial charge < -0.3 is 10.5 Å². The second-order valence-electron chi connectivity index (χ2n) is 5.56. The van der Waals surface area contributed by atoms with Crippen molar-refractivity contribution in [3.63, 3.8) is 0 Å². The molecule has 0 aromatic rings. The highest BCUT2D eigenvalue weighted by Crippen LogP contribution is 2.57. The standard InChI is InChI=1S/C12H20F3NO/c13-12(14,15)8-17-4-3-11(7-16)6-9-1-2-10(11)5-9/h9-10H,1-8,16H2. The van der Waals surface area contributed by atoms with Crippen LogP contribution in [0.25, 0.3) is 0 Å². The van der Waals surface area contributed by atoms with Crippen LogP contribution in [0.1, 0.15) is 32.1 Å². The molecule has 100 valence electrons. The van der Waals surface area contributed by atoms with Crippen molar-refractivity contribution in [2.24, 2.45) is 23.0 Å². The van der Waals surface area contributed by atoms with Crippen LogP contribution >= 0.6 is 0 Å². The number of ether oxygens (including phenoxy) is 1. The molecule has 17 heavy (non-hydrogen) atoms. The van der Waals surface area contributed by atoms with Gasteiger partial charge in [-0.1, -0.05) is 6.42 Å². The van der Waals surface area contributed by atoms with E-state index in [2.05, 4.69) is 0 Å². The largest absolute Gasteiger partial charge is 0.411 e. The van der Waals surface area contributed by atoms with Crippen molar-refractivity contribution in [3.05, 3.63) is 0 Å². The number of rotatable bonds is 5. The lowest BCUT2D eigenvalue weighted by Gasteiger charge is -2.36. The lowest BCUT2D eigenvalue weighted by atomic mass is 9.71. The summed E-state index contributed by atoms with van der Waals surface area (Å²) in [7, 11) is 0. The lowest BCUT2D eigenvalue weighted by molar-refractivity contribution is -0.175. The summed E-state index contributed by atoms with van der Waals surface area (Å²) < 4.78 is 40.5. The molecule has 0 aromatic heterocycles. The maximum atomic E-state index is 11.9. The molecule has 2 aliphatic carbocycles. The Morgan fingerprint density at radius 1 is 1.29 bits per heavy atom. The molecule has 0 aliphatic heterocycles. The summed E-state index contributed by atoms with van der Waals surface area (Å²) in [5.41, 5.74) is 5.91. The first-order valence-corrected chi connectivity index (χ1v) is 6.30. The molecule has 5 heteroatoms. The van der Waals surface area contributed by atoms with E-state index in [4.69, 9.17) is 10.5 Å². The fourth-order valence-corrected chi connectivity index (χ4v) is 3.68. The average Bonchev–Trinajstić information content (AvgIpc) is 2.83. The molecule has 0 heterocycles. The van der Waals surface area contributed by atoms with Gasteiger partial charge in [0.15, 0.2) is 0 Å². The van der Waals surface area contributed by atoms with Crippen molar-refractivity contribution in [1.29, 1.82) is 0 Å². The fraction of sp³-hybridized carbons (Fsp3) is 1.00. The van der Waals surface area contributed by atoms with Gasteiger partial charge >= 0.3 is 6.18 Å². The molecule has 2 bridgehead atoms. The molecule has 0 aromatic carbocycles. The summed E-state index contributed by atoms with van der Waals surface area (Å²) in [6.45, 7) is -0.370. The molecule has 3 atom stereocenters. The molecule has 0 saturated heterocycles. The van der Waals surface area contributed by atoms with Gasteiger partial charge in [0, 0.05) is 6.61 Å². The van der Waals surface area contributed by atoms with E-state index in [1.807, 2.05) is 0 Å². The third-order valence-electron chi connectivity index (χ3n) is 4.52. The first kappa shape index (κ1) is 13.1. The van der Waals surface area contributed by atoms with E-state index >= 15 is 0 Å². The van der Waals surface area contributed by atoms with Crippen molar-refractivity contribution >= 4 is 0 Å². The van der Waals surface area contributed by atoms with Crippen LogP contribution in [0.3, 0.4) is 0 Å². The SMILES string of the molecule is NCC1(CCOCC(F)(F)F)CC2CCC1C2. The van der Waals surface area contributed by atoms with Crippen LogP contribution in [-0.4, -0.2) is 25.9 Å². The van der Waals surface area contributed by atoms with Crippen molar-refractivity contribution in [3.8, 4) is 0 Å². The molecule has 0 radical (unpaired) electrons. The van der Waals surface area contributed by atoms with E-state index in [-0.39, 0.29) is 12.0 Å². The van der Waals surface area contributed by atoms with Gasteiger partial charge in [-0.3, -0.25) is 0 Å². The maximum absolute atomic E-state index is 11.9. The minimum absolute atomic E-state index is 0.0640. The Kier molecular flexibility index (Phi) is 3.69. The second kappa shape index (κ2) is 4.76. The molecule has 0 amide bonds. The van der Waals surface area contributed by atoms with Gasteiger partial charge in [-0.25, -0.2) is 0 Å². The number of alkyl halides is 3. The number of nitrogens with two attached hydrogens (primary N) is 1. The molecule has 2 saturated carbocycles. The quantitative estimate of drug-likeness (QED) is 0.762. The van der Waals surface area contributed by atoms with Gasteiger partial charge in [0.1, 0.15) is 6.61 Å². The highest BCUT2D eigenvalue weighted by molar-refractivity contribution is 5.00. The van der Waals surface area contributed by atoms with Gasteiger partial charge in [-0.05, 0) is 49.5 Å². The average molecular weight is 251 g/mol. The van der Waals surface area contributed by atoms with Gasteiger partial charge in [0.05, 0.1) is 0 Å². The zero-order valence-corrected chi connectivity index (χ0v) is 9.93. The van der Waals surface area contributed by atoms with Gasteiger partial charge in [-0.2, -0.15) is 13.2 Å². The van der Waals surface area contributed by atoms with E-state index in [9.17, 15) is 13.2 Å². The van der Waals surface area contributed by atoms with Crippen molar-refractivity contribution < 1.29 is 17.9 Å². The molecule has 2 rings (SSSR count). The van der Waals surface area contributed by atoms with Crippen LogP contribution in [0.2, 0.25) is 0 Å². The van der Waals surface area contributed by atoms with Gasteiger partial charge in [0.2, 0.25) is 0 Å². The Morgan fingerprint density at radius 2 is 2.06 bits per heavy atom. The Bertz CT molecular complexity index is 269. The zero-order chi connectivity index (χ0) is 12.5. The first-order valence-electron chi connectivity index (χ1n) is 6.30. The zero-order valence-electron chi connectivity index (χ0n) is 9.93. The Labute approximate surface area is 99.7 Å². The van der Waals surface area contributed by atoms with E-state index in [0.29, 0.717) is 18.9 Å². The van der Waals surface area contributed by atoms with Crippen molar-refractivity contribution in [2.45, 2.75) is 38.3 Å². The predicted molar refractivity (Wildman–Crippen MR) is 58.4 cm³/mol. The molecule has 2 nitrogen and oxygen atoms in total. The summed E-state index contributed by atoms with van der Waals surface area (Å²) in [4.78, 5) is 0. The fourth-order valence-electron chi connectivity index (χ4n) is 3.68. The summed E-state index contributed by atoms with van der Waals surface area (Å²) in [5.74, 6) is 1.37. The molecule has 2 fully saturated rings. The maximum Gasteiger partial charge on any atom is 0.411 e. The molecular formula is C12H20F3NO. The van der Waals surface area contributed by atoms with Crippen LogP contribution in [-0.2, 0) is 4.74 Å².